The molecule has 7 nitrogen and oxygen atoms in total. The SMILES string of the molecule is O=C(c1cc(NCc2cccnc2)ncn1)N1CCN(c2ccccc2F)CC1. The van der Waals surface area contributed by atoms with E-state index in [-0.39, 0.29) is 11.7 Å². The molecule has 0 bridgehead atoms. The molecule has 1 amide bonds. The Morgan fingerprint density at radius 2 is 1.90 bits per heavy atom. The van der Waals surface area contributed by atoms with Crippen LogP contribution in [-0.4, -0.2) is 51.9 Å². The minimum atomic E-state index is -0.243. The number of nitrogens with one attached hydrogen (secondary N) is 1. The van der Waals surface area contributed by atoms with Gasteiger partial charge in [-0.05, 0) is 23.8 Å². The number of hydrogen-bond donors (Lipinski definition) is 1. The number of carbonyl (C=O) groups excluding carboxylic acids is 1. The van der Waals surface area contributed by atoms with Gasteiger partial charge in [-0.1, -0.05) is 18.2 Å². The predicted octanol–water partition coefficient (Wildman–Crippen LogP) is 2.59. The first-order valence-corrected chi connectivity index (χ1v) is 9.44. The van der Waals surface area contributed by atoms with E-state index in [0.29, 0.717) is 49.9 Å². The second-order valence-corrected chi connectivity index (χ2v) is 6.73. The Balaban J connectivity index is 1.37. The molecule has 0 aliphatic carbocycles. The van der Waals surface area contributed by atoms with Crippen LogP contribution in [0.3, 0.4) is 0 Å². The molecule has 1 N–H and O–H groups in total. The standard InChI is InChI=1S/C21H21FN6O/c22-17-5-1-2-6-19(17)27-8-10-28(11-9-27)21(29)18-12-20(26-15-25-18)24-14-16-4-3-7-23-13-16/h1-7,12-13,15H,8-11,14H2,(H,24,25,26). The Kier molecular flexibility index (Phi) is 5.60. The number of halogens is 1. The molecule has 4 rings (SSSR count). The first-order chi connectivity index (χ1) is 14.2. The Labute approximate surface area is 168 Å². The van der Waals surface area contributed by atoms with Gasteiger partial charge in [0.05, 0.1) is 5.69 Å². The molecule has 29 heavy (non-hydrogen) atoms. The van der Waals surface area contributed by atoms with Crippen LogP contribution in [0.15, 0.2) is 61.2 Å². The van der Waals surface area contributed by atoms with Gasteiger partial charge < -0.3 is 15.1 Å². The van der Waals surface area contributed by atoms with Crippen LogP contribution in [0.1, 0.15) is 16.1 Å². The number of benzene rings is 1. The fourth-order valence-corrected chi connectivity index (χ4v) is 3.29. The highest BCUT2D eigenvalue weighted by atomic mass is 19.1. The predicted molar refractivity (Wildman–Crippen MR) is 108 cm³/mol. The van der Waals surface area contributed by atoms with Crippen LogP contribution in [-0.2, 0) is 6.54 Å². The second kappa shape index (κ2) is 8.64. The molecule has 0 saturated carbocycles. The number of hydrogen-bond acceptors (Lipinski definition) is 6. The van der Waals surface area contributed by atoms with Crippen LogP contribution >= 0.6 is 0 Å². The first kappa shape index (κ1) is 18.8. The number of anilines is 2. The summed E-state index contributed by atoms with van der Waals surface area (Å²) in [5.74, 6) is 0.189. The molecular formula is C21H21FN6O. The smallest absolute Gasteiger partial charge is 0.272 e. The number of para-hydroxylation sites is 1. The van der Waals surface area contributed by atoms with E-state index in [9.17, 15) is 9.18 Å². The molecule has 3 aromatic rings. The third-order valence-electron chi connectivity index (χ3n) is 4.84. The topological polar surface area (TPSA) is 74.2 Å². The van der Waals surface area contributed by atoms with E-state index in [0.717, 1.165) is 5.56 Å². The highest BCUT2D eigenvalue weighted by molar-refractivity contribution is 5.93. The van der Waals surface area contributed by atoms with Crippen LogP contribution in [0.2, 0.25) is 0 Å². The van der Waals surface area contributed by atoms with E-state index in [4.69, 9.17) is 0 Å². The van der Waals surface area contributed by atoms with Gasteiger partial charge in [0.2, 0.25) is 0 Å². The maximum absolute atomic E-state index is 14.0. The summed E-state index contributed by atoms with van der Waals surface area (Å²) in [6.45, 7) is 2.72. The fourth-order valence-electron chi connectivity index (χ4n) is 3.29. The molecule has 1 fully saturated rings. The minimum absolute atomic E-state index is 0.148. The molecule has 1 aliphatic rings. The lowest BCUT2D eigenvalue weighted by Crippen LogP contribution is -2.49. The Morgan fingerprint density at radius 3 is 2.66 bits per heavy atom. The summed E-state index contributed by atoms with van der Waals surface area (Å²) in [6.07, 6.45) is 4.88. The Morgan fingerprint density at radius 1 is 1.07 bits per heavy atom. The number of nitrogens with zero attached hydrogens (tertiary/aromatic N) is 5. The normalized spacial score (nSPS) is 14.0. The van der Waals surface area contributed by atoms with Gasteiger partial charge in [0, 0.05) is 51.2 Å². The summed E-state index contributed by atoms with van der Waals surface area (Å²) in [4.78, 5) is 28.9. The van der Waals surface area contributed by atoms with E-state index in [2.05, 4.69) is 20.3 Å². The fraction of sp³-hybridized carbons (Fsp3) is 0.238. The van der Waals surface area contributed by atoms with Crippen LogP contribution < -0.4 is 10.2 Å². The van der Waals surface area contributed by atoms with E-state index in [1.54, 1.807) is 35.5 Å². The van der Waals surface area contributed by atoms with Crippen LogP contribution in [0, 0.1) is 5.82 Å². The van der Waals surface area contributed by atoms with Gasteiger partial charge in [-0.3, -0.25) is 9.78 Å². The number of amides is 1. The van der Waals surface area contributed by atoms with E-state index < -0.39 is 0 Å². The number of aromatic nitrogens is 3. The minimum Gasteiger partial charge on any atom is -0.366 e. The summed E-state index contributed by atoms with van der Waals surface area (Å²) < 4.78 is 14.0. The summed E-state index contributed by atoms with van der Waals surface area (Å²) in [6, 6.07) is 12.2. The average molecular weight is 392 g/mol. The van der Waals surface area contributed by atoms with Crippen molar-refractivity contribution in [3.63, 3.8) is 0 Å². The lowest BCUT2D eigenvalue weighted by molar-refractivity contribution is 0.0740. The monoisotopic (exact) mass is 392 g/mol. The number of rotatable bonds is 5. The van der Waals surface area contributed by atoms with E-state index in [1.807, 2.05) is 23.1 Å². The lowest BCUT2D eigenvalue weighted by atomic mass is 10.2. The van der Waals surface area contributed by atoms with Crippen molar-refractivity contribution in [2.75, 3.05) is 36.4 Å². The summed E-state index contributed by atoms with van der Waals surface area (Å²) in [7, 11) is 0. The molecule has 0 radical (unpaired) electrons. The molecule has 0 unspecified atom stereocenters. The number of pyridine rings is 1. The van der Waals surface area contributed by atoms with Gasteiger partial charge >= 0.3 is 0 Å². The third kappa shape index (κ3) is 4.48. The van der Waals surface area contributed by atoms with Crippen LogP contribution in [0.4, 0.5) is 15.9 Å². The van der Waals surface area contributed by atoms with Crippen molar-refractivity contribution in [1.29, 1.82) is 0 Å². The second-order valence-electron chi connectivity index (χ2n) is 6.73. The number of piperazine rings is 1. The third-order valence-corrected chi connectivity index (χ3v) is 4.84. The molecule has 3 heterocycles. The highest BCUT2D eigenvalue weighted by Crippen LogP contribution is 2.20. The Hall–Kier alpha value is -3.55. The summed E-state index contributed by atoms with van der Waals surface area (Å²) >= 11 is 0. The zero-order chi connectivity index (χ0) is 20.1. The molecule has 8 heteroatoms. The van der Waals surface area contributed by atoms with Crippen molar-refractivity contribution >= 4 is 17.4 Å². The van der Waals surface area contributed by atoms with Gasteiger partial charge in [0.25, 0.3) is 5.91 Å². The molecule has 1 aromatic carbocycles. The highest BCUT2D eigenvalue weighted by Gasteiger charge is 2.24. The van der Waals surface area contributed by atoms with Gasteiger partial charge in [0.15, 0.2) is 0 Å². The van der Waals surface area contributed by atoms with E-state index in [1.165, 1.54) is 12.4 Å². The zero-order valence-corrected chi connectivity index (χ0v) is 15.8. The summed E-state index contributed by atoms with van der Waals surface area (Å²) in [5, 5.41) is 3.18. The zero-order valence-electron chi connectivity index (χ0n) is 15.8. The van der Waals surface area contributed by atoms with Crippen LogP contribution in [0.25, 0.3) is 0 Å². The molecular weight excluding hydrogens is 371 g/mol. The largest absolute Gasteiger partial charge is 0.366 e. The van der Waals surface area contributed by atoms with Gasteiger partial charge in [-0.15, -0.1) is 0 Å². The summed E-state index contributed by atoms with van der Waals surface area (Å²) in [5.41, 5.74) is 1.93. The van der Waals surface area contributed by atoms with Crippen molar-refractivity contribution in [3.05, 3.63) is 78.3 Å². The molecule has 148 valence electrons. The van der Waals surface area contributed by atoms with Gasteiger partial charge in [0.1, 0.15) is 23.7 Å². The average Bonchev–Trinajstić information content (AvgIpc) is 2.79. The van der Waals surface area contributed by atoms with Gasteiger partial charge in [-0.2, -0.15) is 0 Å². The quantitative estimate of drug-likeness (QED) is 0.720. The Bertz CT molecular complexity index is 976. The maximum Gasteiger partial charge on any atom is 0.272 e. The molecule has 1 saturated heterocycles. The molecule has 2 aromatic heterocycles. The molecule has 0 atom stereocenters. The van der Waals surface area contributed by atoms with Gasteiger partial charge in [-0.25, -0.2) is 14.4 Å². The van der Waals surface area contributed by atoms with E-state index >= 15 is 0 Å². The lowest BCUT2D eigenvalue weighted by Gasteiger charge is -2.36. The van der Waals surface area contributed by atoms with Crippen molar-refractivity contribution in [2.45, 2.75) is 6.54 Å². The number of carbonyl (C=O) groups is 1. The van der Waals surface area contributed by atoms with Crippen molar-refractivity contribution in [2.24, 2.45) is 0 Å². The maximum atomic E-state index is 14.0. The van der Waals surface area contributed by atoms with Crippen molar-refractivity contribution in [1.82, 2.24) is 19.9 Å². The van der Waals surface area contributed by atoms with Crippen LogP contribution in [0.5, 0.6) is 0 Å². The first-order valence-electron chi connectivity index (χ1n) is 9.44. The molecule has 1 aliphatic heterocycles. The van der Waals surface area contributed by atoms with Crippen molar-refractivity contribution in [3.8, 4) is 0 Å². The molecule has 0 spiro atoms. The van der Waals surface area contributed by atoms with Crippen molar-refractivity contribution < 1.29 is 9.18 Å².